The van der Waals surface area contributed by atoms with E-state index in [9.17, 15) is 13.2 Å². The van der Waals surface area contributed by atoms with E-state index in [-0.39, 0.29) is 29.8 Å². The van der Waals surface area contributed by atoms with Crippen molar-refractivity contribution in [2.45, 2.75) is 49.6 Å². The number of amides is 1. The number of nitrogens with zero attached hydrogens (tertiary/aromatic N) is 3. The van der Waals surface area contributed by atoms with E-state index in [0.717, 1.165) is 12.8 Å². The maximum Gasteiger partial charge on any atom is 0.244 e. The second-order valence-electron chi connectivity index (χ2n) is 5.81. The zero-order valence-corrected chi connectivity index (χ0v) is 12.3. The first-order valence-corrected chi connectivity index (χ1v) is 8.88. The van der Waals surface area contributed by atoms with Gasteiger partial charge in [-0.15, -0.1) is 0 Å². The first-order valence-electron chi connectivity index (χ1n) is 6.92. The Labute approximate surface area is 118 Å². The predicted molar refractivity (Wildman–Crippen MR) is 73.7 cm³/mol. The molecule has 0 N–H and O–H groups in total. The van der Waals surface area contributed by atoms with E-state index < -0.39 is 9.84 Å². The molecule has 2 bridgehead atoms. The highest BCUT2D eigenvalue weighted by atomic mass is 32.2. The monoisotopic (exact) mass is 297 g/mol. The summed E-state index contributed by atoms with van der Waals surface area (Å²) in [7, 11) is -3.01. The molecule has 2 fully saturated rings. The minimum Gasteiger partial charge on any atom is -0.335 e. The second kappa shape index (κ2) is 4.87. The third kappa shape index (κ3) is 2.46. The lowest BCUT2D eigenvalue weighted by Gasteiger charge is -2.38. The van der Waals surface area contributed by atoms with Crippen molar-refractivity contribution in [3.63, 3.8) is 0 Å². The van der Waals surface area contributed by atoms with Crippen LogP contribution in [-0.4, -0.2) is 52.6 Å². The van der Waals surface area contributed by atoms with Crippen LogP contribution in [0.4, 0.5) is 0 Å². The molecule has 3 rings (SSSR count). The third-order valence-corrected chi connectivity index (χ3v) is 6.04. The van der Waals surface area contributed by atoms with Gasteiger partial charge in [0.2, 0.25) is 5.91 Å². The van der Waals surface area contributed by atoms with Crippen LogP contribution in [0.25, 0.3) is 0 Å². The molecule has 2 saturated heterocycles. The Hall–Kier alpha value is -1.37. The average molecular weight is 297 g/mol. The number of carbonyl (C=O) groups excluding carboxylic acids is 1. The Kier molecular flexibility index (Phi) is 3.32. The number of carbonyl (C=O) groups is 1. The number of aromatic nitrogens is 2. The van der Waals surface area contributed by atoms with Gasteiger partial charge in [0.1, 0.15) is 16.4 Å². The van der Waals surface area contributed by atoms with Gasteiger partial charge < -0.3 is 4.90 Å². The summed E-state index contributed by atoms with van der Waals surface area (Å²) in [5.41, 5.74) is 0. The minimum atomic E-state index is -3.01. The predicted octanol–water partition coefficient (Wildman–Crippen LogP) is 0.450. The highest BCUT2D eigenvalue weighted by Gasteiger charge is 2.45. The fourth-order valence-electron chi connectivity index (χ4n) is 3.50. The van der Waals surface area contributed by atoms with E-state index in [1.165, 1.54) is 6.26 Å². The van der Waals surface area contributed by atoms with Gasteiger partial charge in [0.05, 0.1) is 5.25 Å². The zero-order chi connectivity index (χ0) is 14.3. The molecule has 0 radical (unpaired) electrons. The van der Waals surface area contributed by atoms with Crippen molar-refractivity contribution in [3.05, 3.63) is 18.5 Å². The minimum absolute atomic E-state index is 0.0492. The number of rotatable bonds is 3. The smallest absolute Gasteiger partial charge is 0.244 e. The van der Waals surface area contributed by atoms with Gasteiger partial charge in [0.25, 0.3) is 0 Å². The largest absolute Gasteiger partial charge is 0.335 e. The van der Waals surface area contributed by atoms with Crippen molar-refractivity contribution in [2.75, 3.05) is 6.26 Å². The standard InChI is InChI=1S/C13H19N3O3S/c1-20(18,19)12-7-10-3-4-11(8-12)16(10)13(17)9-15-6-2-5-14-15/h2,5-6,10-12H,3-4,7-9H2,1H3. The van der Waals surface area contributed by atoms with Crippen molar-refractivity contribution in [1.29, 1.82) is 0 Å². The lowest BCUT2D eigenvalue weighted by atomic mass is 10.0. The molecule has 2 unspecified atom stereocenters. The normalized spacial score (nSPS) is 29.6. The highest BCUT2D eigenvalue weighted by Crippen LogP contribution is 2.38. The Balaban J connectivity index is 1.72. The molecule has 0 spiro atoms. The average Bonchev–Trinajstić information content (AvgIpc) is 2.94. The third-order valence-electron chi connectivity index (χ3n) is 4.44. The highest BCUT2D eigenvalue weighted by molar-refractivity contribution is 7.91. The maximum absolute atomic E-state index is 12.4. The molecule has 1 amide bonds. The maximum atomic E-state index is 12.4. The van der Waals surface area contributed by atoms with Crippen LogP contribution in [0, 0.1) is 0 Å². The number of sulfone groups is 1. The molecule has 20 heavy (non-hydrogen) atoms. The summed E-state index contributed by atoms with van der Waals surface area (Å²) in [5.74, 6) is 0.0492. The molecule has 2 aliphatic heterocycles. The van der Waals surface area contributed by atoms with Gasteiger partial charge in [-0.05, 0) is 31.7 Å². The molecular formula is C13H19N3O3S. The van der Waals surface area contributed by atoms with Crippen LogP contribution >= 0.6 is 0 Å². The molecule has 6 nitrogen and oxygen atoms in total. The van der Waals surface area contributed by atoms with Gasteiger partial charge in [0, 0.05) is 30.7 Å². The van der Waals surface area contributed by atoms with E-state index >= 15 is 0 Å². The van der Waals surface area contributed by atoms with Crippen molar-refractivity contribution < 1.29 is 13.2 Å². The topological polar surface area (TPSA) is 72.3 Å². The summed E-state index contributed by atoms with van der Waals surface area (Å²) in [6.45, 7) is 0.240. The van der Waals surface area contributed by atoms with Crippen molar-refractivity contribution >= 4 is 15.7 Å². The Bertz CT molecular complexity index is 582. The van der Waals surface area contributed by atoms with Crippen molar-refractivity contribution in [3.8, 4) is 0 Å². The second-order valence-corrected chi connectivity index (χ2v) is 8.14. The fraction of sp³-hybridized carbons (Fsp3) is 0.692. The molecule has 1 aromatic rings. The van der Waals surface area contributed by atoms with Crippen LogP contribution in [0.2, 0.25) is 0 Å². The zero-order valence-electron chi connectivity index (χ0n) is 11.5. The molecule has 2 aliphatic rings. The van der Waals surface area contributed by atoms with Crippen molar-refractivity contribution in [1.82, 2.24) is 14.7 Å². The van der Waals surface area contributed by atoms with E-state index in [2.05, 4.69) is 5.10 Å². The molecule has 1 aromatic heterocycles. The van der Waals surface area contributed by atoms with Crippen molar-refractivity contribution in [2.24, 2.45) is 0 Å². The van der Waals surface area contributed by atoms with E-state index in [1.54, 1.807) is 23.1 Å². The summed E-state index contributed by atoms with van der Waals surface area (Å²) in [6, 6.07) is 1.95. The lowest BCUT2D eigenvalue weighted by molar-refractivity contribution is -0.136. The van der Waals surface area contributed by atoms with Crippen LogP contribution in [0.3, 0.4) is 0 Å². The Morgan fingerprint density at radius 1 is 1.30 bits per heavy atom. The van der Waals surface area contributed by atoms with Crippen LogP contribution in [0.5, 0.6) is 0 Å². The van der Waals surface area contributed by atoms with Crippen LogP contribution in [0.15, 0.2) is 18.5 Å². The molecule has 0 saturated carbocycles. The summed E-state index contributed by atoms with van der Waals surface area (Å²) >= 11 is 0. The first-order chi connectivity index (χ1) is 9.45. The van der Waals surface area contributed by atoms with Gasteiger partial charge in [-0.25, -0.2) is 8.42 Å². The van der Waals surface area contributed by atoms with Gasteiger partial charge in [0.15, 0.2) is 0 Å². The lowest BCUT2D eigenvalue weighted by Crippen LogP contribution is -2.50. The number of piperidine rings is 1. The van der Waals surface area contributed by atoms with Gasteiger partial charge >= 0.3 is 0 Å². The van der Waals surface area contributed by atoms with E-state index in [1.807, 2.05) is 4.90 Å². The molecule has 0 aromatic carbocycles. The summed E-state index contributed by atoms with van der Waals surface area (Å²) in [4.78, 5) is 14.3. The quantitative estimate of drug-likeness (QED) is 0.812. The molecule has 2 atom stereocenters. The molecule has 7 heteroatoms. The number of hydrogen-bond acceptors (Lipinski definition) is 4. The van der Waals surface area contributed by atoms with Gasteiger partial charge in [-0.1, -0.05) is 0 Å². The van der Waals surface area contributed by atoms with Crippen LogP contribution < -0.4 is 0 Å². The summed E-state index contributed by atoms with van der Waals surface area (Å²) < 4.78 is 25.1. The van der Waals surface area contributed by atoms with Gasteiger partial charge in [-0.3, -0.25) is 9.48 Å². The Morgan fingerprint density at radius 3 is 2.45 bits per heavy atom. The number of hydrogen-bond donors (Lipinski definition) is 0. The molecule has 0 aliphatic carbocycles. The van der Waals surface area contributed by atoms with Gasteiger partial charge in [-0.2, -0.15) is 5.10 Å². The number of fused-ring (bicyclic) bond motifs is 2. The van der Waals surface area contributed by atoms with Crippen LogP contribution in [-0.2, 0) is 21.2 Å². The van der Waals surface area contributed by atoms with E-state index in [4.69, 9.17) is 0 Å². The Morgan fingerprint density at radius 2 is 1.95 bits per heavy atom. The molecular weight excluding hydrogens is 278 g/mol. The summed E-state index contributed by atoms with van der Waals surface area (Å²) in [6.07, 6.45) is 7.72. The van der Waals surface area contributed by atoms with Crippen LogP contribution in [0.1, 0.15) is 25.7 Å². The fourth-order valence-corrected chi connectivity index (χ4v) is 4.64. The molecule has 110 valence electrons. The summed E-state index contributed by atoms with van der Waals surface area (Å²) in [5, 5.41) is 3.77. The SMILES string of the molecule is CS(=O)(=O)C1CC2CCC(C1)N2C(=O)Cn1cccn1. The first kappa shape index (κ1) is 13.6. The van der Waals surface area contributed by atoms with E-state index in [0.29, 0.717) is 12.8 Å². The molecule has 3 heterocycles.